The first kappa shape index (κ1) is 26.1. The molecule has 6 atom stereocenters. The van der Waals surface area contributed by atoms with Crippen LogP contribution in [0.2, 0.25) is 0 Å². The number of aliphatic hydroxyl groups excluding tert-OH is 1. The van der Waals surface area contributed by atoms with Crippen LogP contribution in [0.3, 0.4) is 0 Å². The molecule has 35 heavy (non-hydrogen) atoms. The molecule has 2 heterocycles. The molecular formula is C26H43N5O4. The monoisotopic (exact) mass is 489 g/mol. The molecule has 0 bridgehead atoms. The molecule has 9 heteroatoms. The molecule has 9 nitrogen and oxygen atoms in total. The Labute approximate surface area is 209 Å². The summed E-state index contributed by atoms with van der Waals surface area (Å²) in [4.78, 5) is 29.1. The number of rotatable bonds is 8. The lowest BCUT2D eigenvalue weighted by molar-refractivity contribution is -0.174. The zero-order valence-corrected chi connectivity index (χ0v) is 22.3. The van der Waals surface area contributed by atoms with Crippen LogP contribution in [0.25, 0.3) is 0 Å². The molecule has 0 aromatic carbocycles. The van der Waals surface area contributed by atoms with Gasteiger partial charge in [0.05, 0.1) is 17.9 Å². The minimum atomic E-state index is -0.735. The maximum absolute atomic E-state index is 13.9. The SMILES string of the molecule is CCC1(CC)C(NC(=O)[C@H]2C[C@H](O)CN2C(=O)[C@H](n2cc(C3CC3)nn2)C(C)(C)C)C(C)C1OC. The summed E-state index contributed by atoms with van der Waals surface area (Å²) in [7, 11) is 1.73. The molecule has 1 aromatic rings. The molecule has 2 amide bonds. The number of β-amino-alcohol motifs (C(OH)–C–C–N with tert-alkyl or cyclic N) is 1. The smallest absolute Gasteiger partial charge is 0.248 e. The van der Waals surface area contributed by atoms with E-state index in [-0.39, 0.29) is 48.3 Å². The largest absolute Gasteiger partial charge is 0.391 e. The molecule has 1 aliphatic heterocycles. The summed E-state index contributed by atoms with van der Waals surface area (Å²) in [5.74, 6) is 0.217. The fraction of sp³-hybridized carbons (Fsp3) is 0.846. The Morgan fingerprint density at radius 1 is 1.29 bits per heavy atom. The van der Waals surface area contributed by atoms with Gasteiger partial charge in [0, 0.05) is 49.6 Å². The highest BCUT2D eigenvalue weighted by atomic mass is 16.5. The lowest BCUT2D eigenvalue weighted by atomic mass is 9.53. The first-order chi connectivity index (χ1) is 16.5. The van der Waals surface area contributed by atoms with Crippen LogP contribution in [0, 0.1) is 16.7 Å². The van der Waals surface area contributed by atoms with Crippen LogP contribution in [0.15, 0.2) is 6.20 Å². The van der Waals surface area contributed by atoms with Gasteiger partial charge in [-0.3, -0.25) is 9.59 Å². The predicted molar refractivity (Wildman–Crippen MR) is 132 cm³/mol. The fourth-order valence-corrected chi connectivity index (χ4v) is 6.67. The first-order valence-corrected chi connectivity index (χ1v) is 13.2. The standard InChI is InChI=1S/C26H43N5O4/c1-8-26(9-2)20(15(3)22(26)35-7)27-23(33)19-12-17(32)13-30(19)24(34)21(25(4,5)6)31-14-18(28-29-31)16-10-11-16/h14-17,19-22,32H,8-13H2,1-7H3,(H,27,33)/t15?,17-,19+,20?,21-,22?/m0/s1. The Kier molecular flexibility index (Phi) is 7.05. The minimum Gasteiger partial charge on any atom is -0.391 e. The van der Waals surface area contributed by atoms with Crippen LogP contribution in [-0.4, -0.2) is 74.8 Å². The molecule has 1 saturated heterocycles. The van der Waals surface area contributed by atoms with Crippen molar-refractivity contribution in [1.29, 1.82) is 0 Å². The van der Waals surface area contributed by atoms with Gasteiger partial charge in [-0.2, -0.15) is 0 Å². The summed E-state index contributed by atoms with van der Waals surface area (Å²) < 4.78 is 7.44. The third kappa shape index (κ3) is 4.50. The summed E-state index contributed by atoms with van der Waals surface area (Å²) in [6, 6.07) is -1.36. The van der Waals surface area contributed by atoms with Gasteiger partial charge in [0.2, 0.25) is 11.8 Å². The number of hydrogen-bond donors (Lipinski definition) is 2. The number of nitrogens with zero attached hydrogens (tertiary/aromatic N) is 4. The molecular weight excluding hydrogens is 446 g/mol. The molecule has 4 rings (SSSR count). The zero-order chi connectivity index (χ0) is 25.7. The van der Waals surface area contributed by atoms with Gasteiger partial charge in [0.25, 0.3) is 0 Å². The van der Waals surface area contributed by atoms with Crippen LogP contribution >= 0.6 is 0 Å². The van der Waals surface area contributed by atoms with E-state index in [9.17, 15) is 14.7 Å². The molecule has 0 spiro atoms. The number of nitrogens with one attached hydrogen (secondary N) is 1. The van der Waals surface area contributed by atoms with Crippen LogP contribution < -0.4 is 5.32 Å². The van der Waals surface area contributed by atoms with Crippen LogP contribution in [0.1, 0.15) is 91.3 Å². The van der Waals surface area contributed by atoms with Gasteiger partial charge in [-0.05, 0) is 31.1 Å². The second-order valence-electron chi connectivity index (χ2n) is 12.0. The van der Waals surface area contributed by atoms with Gasteiger partial charge in [-0.1, -0.05) is 46.8 Å². The fourth-order valence-electron chi connectivity index (χ4n) is 6.67. The van der Waals surface area contributed by atoms with Gasteiger partial charge < -0.3 is 20.1 Å². The van der Waals surface area contributed by atoms with E-state index in [0.29, 0.717) is 5.92 Å². The minimum absolute atomic E-state index is 0.0283. The topological polar surface area (TPSA) is 110 Å². The Morgan fingerprint density at radius 3 is 2.49 bits per heavy atom. The Balaban J connectivity index is 1.55. The van der Waals surface area contributed by atoms with E-state index in [1.807, 2.05) is 27.0 Å². The lowest BCUT2D eigenvalue weighted by Gasteiger charge is -2.59. The predicted octanol–water partition coefficient (Wildman–Crippen LogP) is 2.66. The van der Waals surface area contributed by atoms with Crippen LogP contribution in [-0.2, 0) is 14.3 Å². The van der Waals surface area contributed by atoms with Gasteiger partial charge >= 0.3 is 0 Å². The van der Waals surface area contributed by atoms with Gasteiger partial charge in [-0.25, -0.2) is 4.68 Å². The number of carbonyl (C=O) groups excluding carboxylic acids is 2. The Hall–Kier alpha value is -2.00. The Morgan fingerprint density at radius 2 is 1.94 bits per heavy atom. The number of hydrogen-bond acceptors (Lipinski definition) is 6. The summed E-state index contributed by atoms with van der Waals surface area (Å²) in [5.41, 5.74) is 0.350. The maximum Gasteiger partial charge on any atom is 0.248 e. The van der Waals surface area contributed by atoms with Gasteiger partial charge in [0.1, 0.15) is 12.1 Å². The van der Waals surface area contributed by atoms with Crippen molar-refractivity contribution in [3.8, 4) is 0 Å². The number of methoxy groups -OCH3 is 1. The van der Waals surface area contributed by atoms with Crippen molar-refractivity contribution in [3.05, 3.63) is 11.9 Å². The summed E-state index contributed by atoms with van der Waals surface area (Å²) in [5, 5.41) is 22.4. The van der Waals surface area contributed by atoms with E-state index in [1.165, 1.54) is 0 Å². The number of carbonyl (C=O) groups is 2. The second-order valence-corrected chi connectivity index (χ2v) is 12.0. The highest BCUT2D eigenvalue weighted by Crippen LogP contribution is 2.52. The maximum atomic E-state index is 13.9. The normalized spacial score (nSPS) is 31.2. The molecule has 196 valence electrons. The third-order valence-electron chi connectivity index (χ3n) is 8.76. The van der Waals surface area contributed by atoms with Crippen molar-refractivity contribution in [2.24, 2.45) is 16.7 Å². The average Bonchev–Trinajstić information content (AvgIpc) is 3.41. The quantitative estimate of drug-likeness (QED) is 0.581. The van der Waals surface area contributed by atoms with Crippen molar-refractivity contribution in [2.75, 3.05) is 13.7 Å². The molecule has 1 aromatic heterocycles. The lowest BCUT2D eigenvalue weighted by Crippen LogP contribution is -2.71. The molecule has 2 aliphatic carbocycles. The van der Waals surface area contributed by atoms with E-state index >= 15 is 0 Å². The average molecular weight is 490 g/mol. The number of ether oxygens (including phenoxy) is 1. The number of aliphatic hydroxyl groups is 1. The highest BCUT2D eigenvalue weighted by Gasteiger charge is 2.59. The van der Waals surface area contributed by atoms with Crippen molar-refractivity contribution in [1.82, 2.24) is 25.2 Å². The van der Waals surface area contributed by atoms with E-state index < -0.39 is 23.6 Å². The van der Waals surface area contributed by atoms with E-state index in [1.54, 1.807) is 16.7 Å². The van der Waals surface area contributed by atoms with E-state index in [0.717, 1.165) is 31.4 Å². The Bertz CT molecular complexity index is 932. The summed E-state index contributed by atoms with van der Waals surface area (Å²) >= 11 is 0. The third-order valence-corrected chi connectivity index (χ3v) is 8.76. The van der Waals surface area contributed by atoms with Crippen molar-refractivity contribution in [3.63, 3.8) is 0 Å². The molecule has 2 N–H and O–H groups in total. The van der Waals surface area contributed by atoms with Gasteiger partial charge in [-0.15, -0.1) is 5.10 Å². The van der Waals surface area contributed by atoms with E-state index in [4.69, 9.17) is 4.74 Å². The molecule has 2 saturated carbocycles. The van der Waals surface area contributed by atoms with Crippen molar-refractivity contribution < 1.29 is 19.4 Å². The molecule has 0 radical (unpaired) electrons. The van der Waals surface area contributed by atoms with Crippen LogP contribution in [0.5, 0.6) is 0 Å². The van der Waals surface area contributed by atoms with Gasteiger partial charge in [0.15, 0.2) is 0 Å². The highest BCUT2D eigenvalue weighted by molar-refractivity contribution is 5.90. The first-order valence-electron chi connectivity index (χ1n) is 13.2. The van der Waals surface area contributed by atoms with Crippen LogP contribution in [0.4, 0.5) is 0 Å². The number of likely N-dealkylation sites (tertiary alicyclic amines) is 1. The van der Waals surface area contributed by atoms with Crippen molar-refractivity contribution in [2.45, 2.75) is 110 Å². The molecule has 3 aliphatic rings. The number of aromatic nitrogens is 3. The van der Waals surface area contributed by atoms with Crippen molar-refractivity contribution >= 4 is 11.8 Å². The zero-order valence-electron chi connectivity index (χ0n) is 22.3. The summed E-state index contributed by atoms with van der Waals surface area (Å²) in [6.45, 7) is 12.5. The second kappa shape index (κ2) is 9.47. The summed E-state index contributed by atoms with van der Waals surface area (Å²) in [6.07, 6.45) is 5.48. The van der Waals surface area contributed by atoms with E-state index in [2.05, 4.69) is 36.4 Å². The molecule has 3 fully saturated rings. The number of amides is 2. The molecule has 3 unspecified atom stereocenters.